The molecule has 5 nitrogen and oxygen atoms in total. The molecule has 20 heavy (non-hydrogen) atoms. The lowest BCUT2D eigenvalue weighted by molar-refractivity contribution is 0.0956. The lowest BCUT2D eigenvalue weighted by atomic mass is 10.0. The van der Waals surface area contributed by atoms with Crippen molar-refractivity contribution in [3.63, 3.8) is 0 Å². The van der Waals surface area contributed by atoms with Crippen LogP contribution in [0.4, 0.5) is 11.4 Å². The second-order valence-electron chi connectivity index (χ2n) is 5.34. The zero-order chi connectivity index (χ0) is 14.7. The van der Waals surface area contributed by atoms with Gasteiger partial charge in [-0.1, -0.05) is 6.92 Å². The van der Waals surface area contributed by atoms with Gasteiger partial charge in [0.25, 0.3) is 5.91 Å². The number of nitrogen functional groups attached to an aromatic ring is 1. The molecule has 2 rings (SSSR count). The number of anilines is 2. The van der Waals surface area contributed by atoms with Gasteiger partial charge in [-0.2, -0.15) is 0 Å². The molecule has 0 aliphatic carbocycles. The standard InChI is InChI=1S/C15H23N3O2/c1-3-17-15(20)11-4-5-13(12(16)8-11)18-7-6-10(2)14(18)9-19/h4-5,8,10,14,19H,3,6-7,9,16H2,1-2H3,(H,17,20). The number of carbonyl (C=O) groups is 1. The Bertz CT molecular complexity index is 490. The third-order valence-corrected chi connectivity index (χ3v) is 4.01. The number of aliphatic hydroxyl groups is 1. The summed E-state index contributed by atoms with van der Waals surface area (Å²) < 4.78 is 0. The van der Waals surface area contributed by atoms with Gasteiger partial charge >= 0.3 is 0 Å². The summed E-state index contributed by atoms with van der Waals surface area (Å²) in [5.74, 6) is 0.335. The molecule has 1 aliphatic heterocycles. The highest BCUT2D eigenvalue weighted by Gasteiger charge is 2.31. The molecule has 2 atom stereocenters. The summed E-state index contributed by atoms with van der Waals surface area (Å²) >= 11 is 0. The van der Waals surface area contributed by atoms with Gasteiger partial charge in [0, 0.05) is 18.7 Å². The highest BCUT2D eigenvalue weighted by Crippen LogP contribution is 2.33. The summed E-state index contributed by atoms with van der Waals surface area (Å²) in [6.07, 6.45) is 1.04. The van der Waals surface area contributed by atoms with Crippen LogP contribution in [0.1, 0.15) is 30.6 Å². The number of rotatable bonds is 4. The van der Waals surface area contributed by atoms with Crippen LogP contribution in [-0.4, -0.2) is 36.8 Å². The first kappa shape index (κ1) is 14.7. The predicted molar refractivity (Wildman–Crippen MR) is 80.9 cm³/mol. The summed E-state index contributed by atoms with van der Waals surface area (Å²) in [5.41, 5.74) is 8.15. The van der Waals surface area contributed by atoms with Crippen LogP contribution in [0, 0.1) is 5.92 Å². The molecule has 4 N–H and O–H groups in total. The van der Waals surface area contributed by atoms with Crippen LogP contribution < -0.4 is 16.0 Å². The maximum Gasteiger partial charge on any atom is 0.251 e. The molecular weight excluding hydrogens is 254 g/mol. The molecule has 0 saturated carbocycles. The molecule has 5 heteroatoms. The van der Waals surface area contributed by atoms with Crippen LogP contribution in [-0.2, 0) is 0 Å². The van der Waals surface area contributed by atoms with Crippen LogP contribution in [0.2, 0.25) is 0 Å². The minimum absolute atomic E-state index is 0.104. The number of nitrogens with one attached hydrogen (secondary N) is 1. The van der Waals surface area contributed by atoms with Crippen molar-refractivity contribution in [3.05, 3.63) is 23.8 Å². The van der Waals surface area contributed by atoms with Crippen LogP contribution in [0.5, 0.6) is 0 Å². The molecule has 0 aromatic heterocycles. The maximum atomic E-state index is 11.8. The fourth-order valence-electron chi connectivity index (χ4n) is 2.81. The summed E-state index contributed by atoms with van der Waals surface area (Å²) in [5, 5.41) is 12.3. The van der Waals surface area contributed by atoms with Gasteiger partial charge in [-0.05, 0) is 37.5 Å². The van der Waals surface area contributed by atoms with E-state index < -0.39 is 0 Å². The van der Waals surface area contributed by atoms with Gasteiger partial charge in [0.1, 0.15) is 0 Å². The van der Waals surface area contributed by atoms with E-state index in [1.165, 1.54) is 0 Å². The lowest BCUT2D eigenvalue weighted by Crippen LogP contribution is -2.35. The van der Waals surface area contributed by atoms with Crippen molar-refractivity contribution in [2.24, 2.45) is 5.92 Å². The molecular formula is C15H23N3O2. The molecule has 0 bridgehead atoms. The highest BCUT2D eigenvalue weighted by atomic mass is 16.3. The lowest BCUT2D eigenvalue weighted by Gasteiger charge is -2.28. The Kier molecular flexibility index (Phi) is 4.49. The Hall–Kier alpha value is -1.75. The minimum Gasteiger partial charge on any atom is -0.397 e. The van der Waals surface area contributed by atoms with E-state index in [9.17, 15) is 9.90 Å². The zero-order valence-electron chi connectivity index (χ0n) is 12.1. The summed E-state index contributed by atoms with van der Waals surface area (Å²) in [7, 11) is 0. The van der Waals surface area contributed by atoms with Crippen molar-refractivity contribution in [3.8, 4) is 0 Å². The van der Waals surface area contributed by atoms with E-state index in [0.717, 1.165) is 18.7 Å². The molecule has 1 aliphatic rings. The predicted octanol–water partition coefficient (Wildman–Crippen LogP) is 1.23. The molecule has 2 unspecified atom stereocenters. The van der Waals surface area contributed by atoms with Crippen LogP contribution in [0.25, 0.3) is 0 Å². The highest BCUT2D eigenvalue weighted by molar-refractivity contribution is 5.96. The Morgan fingerprint density at radius 2 is 2.30 bits per heavy atom. The van der Waals surface area contributed by atoms with E-state index in [4.69, 9.17) is 5.73 Å². The third-order valence-electron chi connectivity index (χ3n) is 4.01. The van der Waals surface area contributed by atoms with Crippen molar-refractivity contribution in [1.82, 2.24) is 5.32 Å². The van der Waals surface area contributed by atoms with Gasteiger partial charge in [-0.25, -0.2) is 0 Å². The first-order chi connectivity index (χ1) is 9.58. The van der Waals surface area contributed by atoms with E-state index in [0.29, 0.717) is 23.7 Å². The zero-order valence-corrected chi connectivity index (χ0v) is 12.1. The smallest absolute Gasteiger partial charge is 0.251 e. The van der Waals surface area contributed by atoms with Gasteiger partial charge in [-0.3, -0.25) is 4.79 Å². The van der Waals surface area contributed by atoms with E-state index in [-0.39, 0.29) is 18.6 Å². The first-order valence-corrected chi connectivity index (χ1v) is 7.13. The maximum absolute atomic E-state index is 11.8. The van der Waals surface area contributed by atoms with Crippen molar-refractivity contribution in [2.45, 2.75) is 26.3 Å². The fraction of sp³-hybridized carbons (Fsp3) is 0.533. The average molecular weight is 277 g/mol. The van der Waals surface area contributed by atoms with E-state index in [1.54, 1.807) is 12.1 Å². The van der Waals surface area contributed by atoms with Crippen molar-refractivity contribution in [1.29, 1.82) is 0 Å². The SMILES string of the molecule is CCNC(=O)c1ccc(N2CCC(C)C2CO)c(N)c1. The van der Waals surface area contributed by atoms with Crippen LogP contribution >= 0.6 is 0 Å². The van der Waals surface area contributed by atoms with Crippen molar-refractivity contribution >= 4 is 17.3 Å². The van der Waals surface area contributed by atoms with Crippen LogP contribution in [0.15, 0.2) is 18.2 Å². The normalized spacial score (nSPS) is 22.1. The Labute approximate surface area is 119 Å². The monoisotopic (exact) mass is 277 g/mol. The molecule has 0 radical (unpaired) electrons. The number of hydrogen-bond donors (Lipinski definition) is 3. The third kappa shape index (κ3) is 2.72. The molecule has 1 amide bonds. The van der Waals surface area contributed by atoms with Gasteiger partial charge in [0.2, 0.25) is 0 Å². The van der Waals surface area contributed by atoms with Gasteiger partial charge in [0.05, 0.1) is 24.0 Å². The summed E-state index contributed by atoms with van der Waals surface area (Å²) in [4.78, 5) is 13.9. The quantitative estimate of drug-likeness (QED) is 0.723. The summed E-state index contributed by atoms with van der Waals surface area (Å²) in [6, 6.07) is 5.47. The number of nitrogens with two attached hydrogens (primary N) is 1. The molecule has 1 fully saturated rings. The fourth-order valence-corrected chi connectivity index (χ4v) is 2.81. The number of amides is 1. The Balaban J connectivity index is 2.24. The van der Waals surface area contributed by atoms with Crippen LogP contribution in [0.3, 0.4) is 0 Å². The molecule has 1 saturated heterocycles. The van der Waals surface area contributed by atoms with Crippen molar-refractivity contribution in [2.75, 3.05) is 30.3 Å². The number of nitrogens with zero attached hydrogens (tertiary/aromatic N) is 1. The second-order valence-corrected chi connectivity index (χ2v) is 5.34. The topological polar surface area (TPSA) is 78.6 Å². The van der Waals surface area contributed by atoms with E-state index >= 15 is 0 Å². The molecule has 1 heterocycles. The van der Waals surface area contributed by atoms with Gasteiger partial charge < -0.3 is 21.1 Å². The molecule has 110 valence electrons. The first-order valence-electron chi connectivity index (χ1n) is 7.13. The molecule has 1 aromatic carbocycles. The second kappa shape index (κ2) is 6.13. The molecule has 0 spiro atoms. The number of carbonyl (C=O) groups excluding carboxylic acids is 1. The average Bonchev–Trinajstić information content (AvgIpc) is 2.79. The minimum atomic E-state index is -0.112. The van der Waals surface area contributed by atoms with Gasteiger partial charge in [0.15, 0.2) is 0 Å². The Morgan fingerprint density at radius 3 is 2.90 bits per heavy atom. The number of aliphatic hydroxyl groups excluding tert-OH is 1. The summed E-state index contributed by atoms with van der Waals surface area (Å²) in [6.45, 7) is 5.62. The molecule has 1 aromatic rings. The Morgan fingerprint density at radius 1 is 1.55 bits per heavy atom. The van der Waals surface area contributed by atoms with Gasteiger partial charge in [-0.15, -0.1) is 0 Å². The number of hydrogen-bond acceptors (Lipinski definition) is 4. The van der Waals surface area contributed by atoms with E-state index in [1.807, 2.05) is 13.0 Å². The van der Waals surface area contributed by atoms with E-state index in [2.05, 4.69) is 17.1 Å². The largest absolute Gasteiger partial charge is 0.397 e. The van der Waals surface area contributed by atoms with Crippen molar-refractivity contribution < 1.29 is 9.90 Å². The number of benzene rings is 1.